The molecule has 12 heteroatoms. The molecule has 41 heavy (non-hydrogen) atoms. The van der Waals surface area contributed by atoms with Crippen LogP contribution in [0.25, 0.3) is 0 Å². The van der Waals surface area contributed by atoms with Crippen LogP contribution in [-0.2, 0) is 20.8 Å². The fourth-order valence-corrected chi connectivity index (χ4v) is 4.88. The van der Waals surface area contributed by atoms with Crippen molar-refractivity contribution in [2.24, 2.45) is 5.16 Å². The van der Waals surface area contributed by atoms with E-state index in [2.05, 4.69) is 15.8 Å². The summed E-state index contributed by atoms with van der Waals surface area (Å²) in [7, 11) is 3.01. The molecule has 2 amide bonds. The lowest BCUT2D eigenvalue weighted by Gasteiger charge is -2.23. The van der Waals surface area contributed by atoms with E-state index >= 15 is 0 Å². The molecule has 0 radical (unpaired) electrons. The highest BCUT2D eigenvalue weighted by molar-refractivity contribution is 6.40. The Morgan fingerprint density at radius 1 is 1.00 bits per heavy atom. The summed E-state index contributed by atoms with van der Waals surface area (Å²) in [5.41, 5.74) is 0.733. The first-order valence-corrected chi connectivity index (χ1v) is 13.2. The summed E-state index contributed by atoms with van der Waals surface area (Å²) in [4.78, 5) is 43.4. The first-order chi connectivity index (χ1) is 19.6. The molecule has 2 atom stereocenters. The number of hydrogen-bond donors (Lipinski definition) is 3. The van der Waals surface area contributed by atoms with Crippen LogP contribution < -0.4 is 20.1 Å². The van der Waals surface area contributed by atoms with Crippen LogP contribution >= 0.6 is 23.2 Å². The molecule has 10 nitrogen and oxygen atoms in total. The molecular weight excluding hydrogens is 573 g/mol. The van der Waals surface area contributed by atoms with E-state index in [1.54, 1.807) is 60.7 Å². The van der Waals surface area contributed by atoms with Gasteiger partial charge in [0.2, 0.25) is 5.60 Å². The molecule has 1 aliphatic heterocycles. The average Bonchev–Trinajstić information content (AvgIpc) is 3.35. The van der Waals surface area contributed by atoms with Gasteiger partial charge in [-0.3, -0.25) is 9.59 Å². The summed E-state index contributed by atoms with van der Waals surface area (Å²) >= 11 is 12.2. The molecule has 0 bridgehead atoms. The van der Waals surface area contributed by atoms with E-state index < -0.39 is 29.4 Å². The van der Waals surface area contributed by atoms with Crippen molar-refractivity contribution in [2.45, 2.75) is 31.4 Å². The number of hydrogen-bond acceptors (Lipinski definition) is 7. The van der Waals surface area contributed by atoms with Gasteiger partial charge < -0.3 is 30.1 Å². The quantitative estimate of drug-likeness (QED) is 0.300. The van der Waals surface area contributed by atoms with Gasteiger partial charge in [-0.05, 0) is 48.9 Å². The number of nitrogens with one attached hydrogen (secondary N) is 2. The van der Waals surface area contributed by atoms with Gasteiger partial charge >= 0.3 is 5.97 Å². The highest BCUT2D eigenvalue weighted by Gasteiger charge is 2.44. The third-order valence-electron chi connectivity index (χ3n) is 6.50. The number of rotatable bonds is 10. The minimum Gasteiger partial charge on any atom is -0.496 e. The van der Waals surface area contributed by atoms with E-state index in [4.69, 9.17) is 37.5 Å². The second kappa shape index (κ2) is 12.5. The number of carboxylic acids is 1. The van der Waals surface area contributed by atoms with Crippen LogP contribution in [-0.4, -0.2) is 54.5 Å². The number of carboxylic acid groups (broad SMARTS) is 1. The lowest BCUT2D eigenvalue weighted by molar-refractivity contribution is -0.148. The lowest BCUT2D eigenvalue weighted by atomic mass is 9.93. The fraction of sp³-hybridized carbons (Fsp3) is 0.241. The van der Waals surface area contributed by atoms with Crippen molar-refractivity contribution < 1.29 is 33.8 Å². The van der Waals surface area contributed by atoms with Crippen molar-refractivity contribution in [2.75, 3.05) is 19.5 Å². The smallest absolute Gasteiger partial charge is 0.326 e. The Balaban J connectivity index is 1.42. The number of amides is 2. The number of benzene rings is 3. The van der Waals surface area contributed by atoms with Gasteiger partial charge in [0.05, 0.1) is 41.1 Å². The third-order valence-corrected chi connectivity index (χ3v) is 7.13. The van der Waals surface area contributed by atoms with E-state index in [-0.39, 0.29) is 28.5 Å². The summed E-state index contributed by atoms with van der Waals surface area (Å²) < 4.78 is 10.8. The zero-order chi connectivity index (χ0) is 29.7. The van der Waals surface area contributed by atoms with Gasteiger partial charge in [0, 0.05) is 18.5 Å². The van der Waals surface area contributed by atoms with E-state index in [0.717, 1.165) is 0 Å². The van der Waals surface area contributed by atoms with Crippen LogP contribution in [0.1, 0.15) is 34.8 Å². The molecule has 3 aromatic carbocycles. The Morgan fingerprint density at radius 3 is 2.15 bits per heavy atom. The minimum atomic E-state index is -1.46. The van der Waals surface area contributed by atoms with E-state index in [1.807, 2.05) is 0 Å². The summed E-state index contributed by atoms with van der Waals surface area (Å²) in [5.74, 6) is -1.36. The number of ether oxygens (including phenoxy) is 2. The maximum atomic E-state index is 13.2. The van der Waals surface area contributed by atoms with E-state index in [0.29, 0.717) is 34.0 Å². The Labute approximate surface area is 246 Å². The Morgan fingerprint density at radius 2 is 1.59 bits per heavy atom. The second-order valence-corrected chi connectivity index (χ2v) is 10.2. The van der Waals surface area contributed by atoms with Crippen LogP contribution in [0.4, 0.5) is 5.69 Å². The number of nitrogens with zero attached hydrogens (tertiary/aromatic N) is 1. The van der Waals surface area contributed by atoms with E-state index in [1.165, 1.54) is 21.1 Å². The predicted octanol–water partition coefficient (Wildman–Crippen LogP) is 4.96. The van der Waals surface area contributed by atoms with Crippen LogP contribution in [0, 0.1) is 0 Å². The largest absolute Gasteiger partial charge is 0.496 e. The second-order valence-electron chi connectivity index (χ2n) is 9.39. The van der Waals surface area contributed by atoms with Crippen LogP contribution in [0.2, 0.25) is 10.0 Å². The van der Waals surface area contributed by atoms with Gasteiger partial charge in [0.1, 0.15) is 17.5 Å². The molecule has 214 valence electrons. The summed E-state index contributed by atoms with van der Waals surface area (Å²) in [5, 5.41) is 19.6. The number of methoxy groups -OCH3 is 2. The molecule has 3 N–H and O–H groups in total. The van der Waals surface area contributed by atoms with Gasteiger partial charge in [-0.1, -0.05) is 52.6 Å². The van der Waals surface area contributed by atoms with Gasteiger partial charge in [-0.25, -0.2) is 4.79 Å². The van der Waals surface area contributed by atoms with Crippen molar-refractivity contribution in [1.29, 1.82) is 0 Å². The molecular formula is C29H27Cl2N3O7. The Bertz CT molecular complexity index is 1470. The minimum absolute atomic E-state index is 0.0181. The maximum absolute atomic E-state index is 13.2. The fourth-order valence-electron chi connectivity index (χ4n) is 4.31. The first kappa shape index (κ1) is 29.7. The van der Waals surface area contributed by atoms with Crippen molar-refractivity contribution in [3.63, 3.8) is 0 Å². The molecule has 0 spiro atoms. The molecule has 1 unspecified atom stereocenters. The highest BCUT2D eigenvalue weighted by atomic mass is 35.5. The lowest BCUT2D eigenvalue weighted by Crippen LogP contribution is -2.51. The summed E-state index contributed by atoms with van der Waals surface area (Å²) in [6, 6.07) is 15.3. The van der Waals surface area contributed by atoms with Gasteiger partial charge in [0.15, 0.2) is 0 Å². The predicted molar refractivity (Wildman–Crippen MR) is 154 cm³/mol. The summed E-state index contributed by atoms with van der Waals surface area (Å²) in [6.45, 7) is 1.53. The molecule has 3 aromatic rings. The van der Waals surface area contributed by atoms with Crippen molar-refractivity contribution >= 4 is 52.4 Å². The zero-order valence-corrected chi connectivity index (χ0v) is 23.9. The molecule has 1 heterocycles. The molecule has 0 aromatic heterocycles. The van der Waals surface area contributed by atoms with Crippen LogP contribution in [0.15, 0.2) is 65.8 Å². The standard InChI is InChI=1S/C29H27Cl2N3O7/c1-29(15-21(34-41-29)25-22(39-2)8-5-9-23(25)40-3)28(38)33-20(27(36)37)14-16-10-12-17(13-11-16)32-26(35)24-18(30)6-4-7-19(24)31/h4-13,20H,14-15H2,1-3H3,(H,32,35)(H,33,38)(H,36,37)/t20-,29?/m0/s1. The Hall–Kier alpha value is -4.28. The van der Waals surface area contributed by atoms with Crippen molar-refractivity contribution in [3.8, 4) is 11.5 Å². The zero-order valence-electron chi connectivity index (χ0n) is 22.4. The van der Waals surface area contributed by atoms with Crippen molar-refractivity contribution in [3.05, 3.63) is 87.4 Å². The number of aliphatic carboxylic acids is 1. The van der Waals surface area contributed by atoms with Crippen LogP contribution in [0.5, 0.6) is 11.5 Å². The molecule has 0 saturated carbocycles. The molecule has 0 aliphatic carbocycles. The van der Waals surface area contributed by atoms with Gasteiger partial charge in [0.25, 0.3) is 11.8 Å². The number of anilines is 1. The van der Waals surface area contributed by atoms with E-state index in [9.17, 15) is 19.5 Å². The molecule has 1 aliphatic rings. The number of carbonyl (C=O) groups excluding carboxylic acids is 2. The van der Waals surface area contributed by atoms with Gasteiger partial charge in [-0.15, -0.1) is 0 Å². The number of halogens is 2. The monoisotopic (exact) mass is 599 g/mol. The van der Waals surface area contributed by atoms with Gasteiger partial charge in [-0.2, -0.15) is 0 Å². The molecule has 0 saturated heterocycles. The normalized spacial score (nSPS) is 16.7. The van der Waals surface area contributed by atoms with Crippen LogP contribution in [0.3, 0.4) is 0 Å². The number of oxime groups is 1. The molecule has 0 fully saturated rings. The topological polar surface area (TPSA) is 136 Å². The van der Waals surface area contributed by atoms with Crippen molar-refractivity contribution in [1.82, 2.24) is 5.32 Å². The average molecular weight is 600 g/mol. The summed E-state index contributed by atoms with van der Waals surface area (Å²) in [6.07, 6.45) is 0.0432. The third kappa shape index (κ3) is 6.55. The maximum Gasteiger partial charge on any atom is 0.326 e. The highest BCUT2D eigenvalue weighted by Crippen LogP contribution is 2.36. The first-order valence-electron chi connectivity index (χ1n) is 12.4. The number of carbonyl (C=O) groups is 3. The SMILES string of the molecule is COc1cccc(OC)c1C1=NOC(C)(C(=O)N[C@@H](Cc2ccc(NC(=O)c3c(Cl)cccc3Cl)cc2)C(=O)O)C1. The Kier molecular flexibility index (Phi) is 9.05. The molecule has 4 rings (SSSR count).